The maximum absolute atomic E-state index is 11.4. The fourth-order valence-corrected chi connectivity index (χ4v) is 3.24. The molecule has 1 aliphatic rings. The second kappa shape index (κ2) is 3.46. The Kier molecular flexibility index (Phi) is 2.51. The van der Waals surface area contributed by atoms with E-state index in [0.29, 0.717) is 19.3 Å². The first-order chi connectivity index (χ1) is 6.95. The van der Waals surface area contributed by atoms with E-state index < -0.39 is 13.8 Å². The predicted molar refractivity (Wildman–Crippen MR) is 59.4 cm³/mol. The van der Waals surface area contributed by atoms with Gasteiger partial charge in [-0.05, 0) is 43.4 Å². The molecule has 0 amide bonds. The maximum atomic E-state index is 11.4. The van der Waals surface area contributed by atoms with Gasteiger partial charge in [0.2, 0.25) is 9.05 Å². The lowest BCUT2D eigenvalue weighted by Gasteiger charge is -2.12. The third kappa shape index (κ3) is 2.01. The average molecular weight is 246 g/mol. The first-order valence-electron chi connectivity index (χ1n) is 4.78. The predicted octanol–water partition coefficient (Wildman–Crippen LogP) is 2.03. The zero-order valence-corrected chi connectivity index (χ0v) is 9.98. The van der Waals surface area contributed by atoms with Crippen LogP contribution in [-0.2, 0) is 15.5 Å². The van der Waals surface area contributed by atoms with Gasteiger partial charge in [0.15, 0.2) is 0 Å². The highest BCUT2D eigenvalue weighted by atomic mass is 35.7. The fourth-order valence-electron chi connectivity index (χ4n) is 1.69. The van der Waals surface area contributed by atoms with Crippen LogP contribution in [-0.4, -0.2) is 18.1 Å². The van der Waals surface area contributed by atoms with Crippen LogP contribution in [0.4, 0.5) is 0 Å². The van der Waals surface area contributed by atoms with Crippen molar-refractivity contribution in [3.05, 3.63) is 29.6 Å². The molecule has 3 nitrogen and oxygen atoms in total. The van der Waals surface area contributed by atoms with Gasteiger partial charge in [0.1, 0.15) is 0 Å². The number of aryl methyl sites for hydroxylation is 1. The van der Waals surface area contributed by atoms with Crippen LogP contribution in [0.2, 0.25) is 0 Å². The quantitative estimate of drug-likeness (QED) is 0.766. The molecule has 0 spiro atoms. The highest BCUT2D eigenvalue weighted by Gasteiger charge is 2.53. The van der Waals surface area contributed by atoms with Gasteiger partial charge in [0.25, 0.3) is 0 Å². The number of nitrogens with zero attached hydrogens (tertiary/aromatic N) is 1. The minimum Gasteiger partial charge on any atom is -0.264 e. The zero-order valence-electron chi connectivity index (χ0n) is 8.40. The molecule has 1 aliphatic carbocycles. The second-order valence-corrected chi connectivity index (χ2v) is 7.06. The van der Waals surface area contributed by atoms with E-state index in [-0.39, 0.29) is 0 Å². The van der Waals surface area contributed by atoms with Crippen molar-refractivity contribution in [2.75, 3.05) is 0 Å². The molecule has 0 aromatic carbocycles. The van der Waals surface area contributed by atoms with Crippen LogP contribution in [0.5, 0.6) is 0 Å². The van der Waals surface area contributed by atoms with Gasteiger partial charge in [-0.3, -0.25) is 4.98 Å². The van der Waals surface area contributed by atoms with Crippen LogP contribution in [0.3, 0.4) is 0 Å². The molecule has 0 bridgehead atoms. The summed E-state index contributed by atoms with van der Waals surface area (Å²) >= 11 is 0. The number of pyridine rings is 1. The molecule has 15 heavy (non-hydrogen) atoms. The molecule has 0 saturated heterocycles. The van der Waals surface area contributed by atoms with E-state index in [1.165, 1.54) is 0 Å². The second-order valence-electron chi connectivity index (χ2n) is 4.10. The molecule has 0 unspecified atom stereocenters. The van der Waals surface area contributed by atoms with Crippen LogP contribution in [0, 0.1) is 6.92 Å². The lowest BCUT2D eigenvalue weighted by molar-refractivity contribution is 0.590. The normalized spacial score (nSPS) is 18.8. The van der Waals surface area contributed by atoms with E-state index in [1.807, 2.05) is 13.0 Å². The summed E-state index contributed by atoms with van der Waals surface area (Å²) in [5.74, 6) is 0. The molecular formula is C10H12ClNO2S. The molecule has 0 atom stereocenters. The fraction of sp³-hybridized carbons (Fsp3) is 0.500. The first-order valence-corrected chi connectivity index (χ1v) is 7.09. The van der Waals surface area contributed by atoms with Crippen molar-refractivity contribution in [1.29, 1.82) is 0 Å². The number of halogens is 1. The van der Waals surface area contributed by atoms with Gasteiger partial charge in [0, 0.05) is 23.1 Å². The van der Waals surface area contributed by atoms with Gasteiger partial charge in [-0.2, -0.15) is 0 Å². The highest BCUT2D eigenvalue weighted by Crippen LogP contribution is 2.48. The summed E-state index contributed by atoms with van der Waals surface area (Å²) in [6.07, 6.45) is 5.26. The molecule has 2 rings (SSSR count). The molecule has 0 aliphatic heterocycles. The topological polar surface area (TPSA) is 47.0 Å². The largest absolute Gasteiger partial charge is 0.264 e. The van der Waals surface area contributed by atoms with Gasteiger partial charge in [-0.15, -0.1) is 0 Å². The highest BCUT2D eigenvalue weighted by molar-refractivity contribution is 8.15. The zero-order chi connectivity index (χ0) is 11.1. The third-order valence-corrected chi connectivity index (χ3v) is 5.54. The van der Waals surface area contributed by atoms with Gasteiger partial charge < -0.3 is 0 Å². The molecule has 1 aromatic rings. The summed E-state index contributed by atoms with van der Waals surface area (Å²) < 4.78 is 22.1. The molecule has 1 aromatic heterocycles. The Hall–Kier alpha value is -0.610. The van der Waals surface area contributed by atoms with Crippen molar-refractivity contribution in [3.8, 4) is 0 Å². The van der Waals surface area contributed by atoms with E-state index in [9.17, 15) is 8.42 Å². The molecule has 1 heterocycles. The van der Waals surface area contributed by atoms with E-state index in [1.54, 1.807) is 12.4 Å². The van der Waals surface area contributed by atoms with Crippen molar-refractivity contribution in [2.24, 2.45) is 0 Å². The molecule has 5 heteroatoms. The van der Waals surface area contributed by atoms with Crippen molar-refractivity contribution < 1.29 is 8.42 Å². The standard InChI is InChI=1S/C10H12ClNO2S/c1-8-7-12-5-2-9(8)6-10(3-4-10)15(11,13)14/h2,5,7H,3-4,6H2,1H3. The van der Waals surface area contributed by atoms with E-state index in [0.717, 1.165) is 11.1 Å². The minimum atomic E-state index is -3.45. The summed E-state index contributed by atoms with van der Waals surface area (Å²) in [6.45, 7) is 1.93. The first kappa shape index (κ1) is 10.9. The smallest absolute Gasteiger partial charge is 0.238 e. The lowest BCUT2D eigenvalue weighted by atomic mass is 10.1. The van der Waals surface area contributed by atoms with Crippen molar-refractivity contribution >= 4 is 19.7 Å². The van der Waals surface area contributed by atoms with Crippen LogP contribution < -0.4 is 0 Å². The summed E-state index contributed by atoms with van der Waals surface area (Å²) in [4.78, 5) is 3.98. The summed E-state index contributed by atoms with van der Waals surface area (Å²) in [7, 11) is 1.99. The van der Waals surface area contributed by atoms with Crippen molar-refractivity contribution in [1.82, 2.24) is 4.98 Å². The van der Waals surface area contributed by atoms with Crippen LogP contribution in [0.15, 0.2) is 18.5 Å². The SMILES string of the molecule is Cc1cnccc1CC1(S(=O)(=O)Cl)CC1. The molecule has 0 radical (unpaired) electrons. The van der Waals surface area contributed by atoms with Gasteiger partial charge in [-0.1, -0.05) is 0 Å². The van der Waals surface area contributed by atoms with Crippen LogP contribution in [0.25, 0.3) is 0 Å². The average Bonchev–Trinajstić information content (AvgIpc) is 2.89. The van der Waals surface area contributed by atoms with E-state index in [2.05, 4.69) is 4.98 Å². The Balaban J connectivity index is 2.28. The number of hydrogen-bond acceptors (Lipinski definition) is 3. The third-order valence-electron chi connectivity index (χ3n) is 2.97. The molecule has 1 fully saturated rings. The summed E-state index contributed by atoms with van der Waals surface area (Å²) in [6, 6.07) is 1.86. The maximum Gasteiger partial charge on any atom is 0.238 e. The molecular weight excluding hydrogens is 234 g/mol. The summed E-state index contributed by atoms with van der Waals surface area (Å²) in [5, 5.41) is 0. The Morgan fingerprint density at radius 3 is 2.67 bits per heavy atom. The Labute approximate surface area is 93.9 Å². The van der Waals surface area contributed by atoms with Gasteiger partial charge in [-0.25, -0.2) is 8.42 Å². The lowest BCUT2D eigenvalue weighted by Crippen LogP contribution is -2.21. The van der Waals surface area contributed by atoms with Crippen LogP contribution in [0.1, 0.15) is 24.0 Å². The van der Waals surface area contributed by atoms with Crippen LogP contribution >= 0.6 is 10.7 Å². The number of rotatable bonds is 3. The Morgan fingerprint density at radius 2 is 2.20 bits per heavy atom. The number of aromatic nitrogens is 1. The van der Waals surface area contributed by atoms with E-state index in [4.69, 9.17) is 10.7 Å². The van der Waals surface area contributed by atoms with Crippen molar-refractivity contribution in [3.63, 3.8) is 0 Å². The number of hydrogen-bond donors (Lipinski definition) is 0. The molecule has 0 N–H and O–H groups in total. The Bertz CT molecular complexity index is 480. The van der Waals surface area contributed by atoms with Gasteiger partial charge in [0.05, 0.1) is 4.75 Å². The van der Waals surface area contributed by atoms with Crippen molar-refractivity contribution in [2.45, 2.75) is 30.9 Å². The minimum absolute atomic E-state index is 0.507. The molecule has 82 valence electrons. The molecule has 1 saturated carbocycles. The monoisotopic (exact) mass is 245 g/mol. The Morgan fingerprint density at radius 1 is 1.53 bits per heavy atom. The van der Waals surface area contributed by atoms with E-state index >= 15 is 0 Å². The summed E-state index contributed by atoms with van der Waals surface area (Å²) in [5.41, 5.74) is 2.04. The van der Waals surface area contributed by atoms with Gasteiger partial charge >= 0.3 is 0 Å².